The van der Waals surface area contributed by atoms with E-state index in [1.54, 1.807) is 0 Å². The van der Waals surface area contributed by atoms with Gasteiger partial charge in [0.2, 0.25) is 0 Å². The van der Waals surface area contributed by atoms with E-state index < -0.39 is 22.0 Å². The molecule has 5 nitrogen and oxygen atoms in total. The molecule has 0 saturated carbocycles. The van der Waals surface area contributed by atoms with Crippen LogP contribution in [0.4, 0.5) is 0 Å². The van der Waals surface area contributed by atoms with Crippen molar-refractivity contribution in [3.05, 3.63) is 0 Å². The van der Waals surface area contributed by atoms with Crippen LogP contribution in [-0.4, -0.2) is 58.9 Å². The summed E-state index contributed by atoms with van der Waals surface area (Å²) in [5.74, 6) is -0.321. The molecule has 0 amide bonds. The first kappa shape index (κ1) is 23.8. The summed E-state index contributed by atoms with van der Waals surface area (Å²) in [6.45, 7) is 2.19. The number of rotatable bonds is 13. The van der Waals surface area contributed by atoms with Crippen molar-refractivity contribution in [2.45, 2.75) is 83.0 Å². The van der Waals surface area contributed by atoms with E-state index in [-0.39, 0.29) is 41.8 Å². The van der Waals surface area contributed by atoms with Crippen LogP contribution in [-0.2, 0) is 14.9 Å². The first-order valence-electron chi connectivity index (χ1n) is 7.54. The van der Waals surface area contributed by atoms with E-state index in [4.69, 9.17) is 9.66 Å². The van der Waals surface area contributed by atoms with Crippen LogP contribution < -0.4 is 0 Å². The van der Waals surface area contributed by atoms with E-state index in [0.717, 1.165) is 12.8 Å². The fourth-order valence-corrected chi connectivity index (χ4v) is 2.43. The molecule has 0 spiro atoms. The van der Waals surface area contributed by atoms with Gasteiger partial charge >= 0.3 is 0 Å². The SMILES string of the molecule is CCCCCCCCCCCC(=O)CC(O)S(=O)(=O)O.[Na]. The number of hydrogen-bond acceptors (Lipinski definition) is 4. The van der Waals surface area contributed by atoms with E-state index in [2.05, 4.69) is 6.92 Å². The van der Waals surface area contributed by atoms with Crippen molar-refractivity contribution in [2.24, 2.45) is 0 Å². The second kappa shape index (κ2) is 14.2. The number of carbonyl (C=O) groups excluding carboxylic acids is 1. The number of Topliss-reactive ketones (excluding diaryl/α,β-unsaturated/α-hetero) is 1. The van der Waals surface area contributed by atoms with Gasteiger partial charge in [0.15, 0.2) is 5.44 Å². The summed E-state index contributed by atoms with van der Waals surface area (Å²) in [5, 5.41) is 9.04. The summed E-state index contributed by atoms with van der Waals surface area (Å²) in [5.41, 5.74) is -1.98. The Kier molecular flexibility index (Phi) is 16.0. The summed E-state index contributed by atoms with van der Waals surface area (Å²) in [6, 6.07) is 0. The molecular formula is C14H28NaO5S. The summed E-state index contributed by atoms with van der Waals surface area (Å²) >= 11 is 0. The van der Waals surface area contributed by atoms with Crippen LogP contribution in [0, 0.1) is 0 Å². The van der Waals surface area contributed by atoms with Gasteiger partial charge in [-0.05, 0) is 6.42 Å². The molecule has 2 N–H and O–H groups in total. The zero-order valence-electron chi connectivity index (χ0n) is 13.4. The molecule has 21 heavy (non-hydrogen) atoms. The Morgan fingerprint density at radius 3 is 1.81 bits per heavy atom. The largest absolute Gasteiger partial charge is 0.375 e. The maximum atomic E-state index is 11.4. The van der Waals surface area contributed by atoms with Gasteiger partial charge in [-0.15, -0.1) is 0 Å². The minimum atomic E-state index is -4.51. The van der Waals surface area contributed by atoms with Gasteiger partial charge in [-0.25, -0.2) is 0 Å². The Morgan fingerprint density at radius 2 is 1.38 bits per heavy atom. The minimum absolute atomic E-state index is 0. The molecule has 0 aliphatic carbocycles. The van der Waals surface area contributed by atoms with Crippen LogP contribution in [0.25, 0.3) is 0 Å². The third-order valence-electron chi connectivity index (χ3n) is 3.31. The van der Waals surface area contributed by atoms with Gasteiger partial charge in [-0.1, -0.05) is 58.3 Å². The molecule has 0 aromatic heterocycles. The van der Waals surface area contributed by atoms with Gasteiger partial charge in [0.1, 0.15) is 5.78 Å². The van der Waals surface area contributed by atoms with Gasteiger partial charge in [-0.3, -0.25) is 9.35 Å². The predicted octanol–water partition coefficient (Wildman–Crippen LogP) is 2.69. The van der Waals surface area contributed by atoms with Gasteiger partial charge in [0, 0.05) is 42.4 Å². The third kappa shape index (κ3) is 15.2. The van der Waals surface area contributed by atoms with Crippen LogP contribution in [0.5, 0.6) is 0 Å². The molecule has 0 saturated heterocycles. The Bertz CT molecular complexity index is 356. The van der Waals surface area contributed by atoms with Gasteiger partial charge in [0.25, 0.3) is 10.1 Å². The van der Waals surface area contributed by atoms with Crippen LogP contribution in [0.3, 0.4) is 0 Å². The fourth-order valence-electron chi connectivity index (χ4n) is 2.03. The number of aliphatic hydroxyl groups is 1. The van der Waals surface area contributed by atoms with E-state index >= 15 is 0 Å². The number of unbranched alkanes of at least 4 members (excludes halogenated alkanes) is 8. The van der Waals surface area contributed by atoms with Crippen molar-refractivity contribution < 1.29 is 22.9 Å². The molecule has 0 aromatic rings. The first-order valence-corrected chi connectivity index (χ1v) is 9.04. The number of carbonyl (C=O) groups is 1. The van der Waals surface area contributed by atoms with E-state index in [1.807, 2.05) is 0 Å². The Balaban J connectivity index is 0. The zero-order valence-corrected chi connectivity index (χ0v) is 16.2. The molecule has 0 heterocycles. The van der Waals surface area contributed by atoms with Crippen molar-refractivity contribution >= 4 is 45.5 Å². The maximum absolute atomic E-state index is 11.4. The smallest absolute Gasteiger partial charge is 0.292 e. The van der Waals surface area contributed by atoms with Crippen LogP contribution in [0.1, 0.15) is 77.6 Å². The molecule has 0 aromatic carbocycles. The second-order valence-electron chi connectivity index (χ2n) is 5.29. The average molecular weight is 331 g/mol. The third-order valence-corrected chi connectivity index (χ3v) is 4.16. The van der Waals surface area contributed by atoms with E-state index in [9.17, 15) is 13.2 Å². The summed E-state index contributed by atoms with van der Waals surface area (Å²) in [6.07, 6.45) is 10.0. The second-order valence-corrected chi connectivity index (χ2v) is 6.86. The maximum Gasteiger partial charge on any atom is 0.292 e. The summed E-state index contributed by atoms with van der Waals surface area (Å²) in [4.78, 5) is 11.4. The summed E-state index contributed by atoms with van der Waals surface area (Å²) < 4.78 is 29.6. The minimum Gasteiger partial charge on any atom is -0.375 e. The standard InChI is InChI=1S/C14H28O5S.Na/c1-2-3-4-5-6-7-8-9-10-11-13(15)12-14(16)20(17,18)19;/h14,16H,2-12H2,1H3,(H,17,18,19);. The molecule has 0 fully saturated rings. The van der Waals surface area contributed by atoms with Crippen molar-refractivity contribution in [1.82, 2.24) is 0 Å². The van der Waals surface area contributed by atoms with Crippen LogP contribution >= 0.6 is 0 Å². The van der Waals surface area contributed by atoms with E-state index in [0.29, 0.717) is 6.42 Å². The molecule has 1 radical (unpaired) electrons. The molecule has 0 aliphatic heterocycles. The first-order chi connectivity index (χ1) is 9.38. The zero-order chi connectivity index (χ0) is 15.4. The Labute approximate surface area is 150 Å². The number of hydrogen-bond donors (Lipinski definition) is 2. The average Bonchev–Trinajstić information content (AvgIpc) is 2.35. The topological polar surface area (TPSA) is 91.7 Å². The molecule has 1 atom stereocenters. The number of ketones is 1. The van der Waals surface area contributed by atoms with Gasteiger partial charge in [0.05, 0.1) is 0 Å². The molecule has 0 bridgehead atoms. The number of aliphatic hydroxyl groups excluding tert-OH is 1. The fraction of sp³-hybridized carbons (Fsp3) is 0.929. The monoisotopic (exact) mass is 331 g/mol. The quantitative estimate of drug-likeness (QED) is 0.307. The molecule has 7 heteroatoms. The molecule has 0 rings (SSSR count). The summed E-state index contributed by atoms with van der Waals surface area (Å²) in [7, 11) is -4.51. The van der Waals surface area contributed by atoms with Crippen molar-refractivity contribution in [3.8, 4) is 0 Å². The van der Waals surface area contributed by atoms with Crippen molar-refractivity contribution in [2.75, 3.05) is 0 Å². The van der Waals surface area contributed by atoms with Gasteiger partial charge < -0.3 is 5.11 Å². The molecular weight excluding hydrogens is 303 g/mol. The van der Waals surface area contributed by atoms with Crippen LogP contribution in [0.15, 0.2) is 0 Å². The predicted molar refractivity (Wildman–Crippen MR) is 84.8 cm³/mol. The van der Waals surface area contributed by atoms with Gasteiger partial charge in [-0.2, -0.15) is 8.42 Å². The normalized spacial score (nSPS) is 12.7. The van der Waals surface area contributed by atoms with Crippen molar-refractivity contribution in [3.63, 3.8) is 0 Å². The van der Waals surface area contributed by atoms with Crippen LogP contribution in [0.2, 0.25) is 0 Å². The Hall–Kier alpha value is 0.540. The van der Waals surface area contributed by atoms with E-state index in [1.165, 1.54) is 38.5 Å². The molecule has 121 valence electrons. The molecule has 0 aliphatic rings. The molecule has 1 unspecified atom stereocenters. The Morgan fingerprint density at radius 1 is 0.952 bits per heavy atom. The van der Waals surface area contributed by atoms with Crippen molar-refractivity contribution in [1.29, 1.82) is 0 Å².